The topological polar surface area (TPSA) is 84.9 Å². The van der Waals surface area contributed by atoms with Crippen LogP contribution in [0.4, 0.5) is 4.79 Å². The van der Waals surface area contributed by atoms with E-state index in [-0.39, 0.29) is 30.9 Å². The average Bonchev–Trinajstić information content (AvgIpc) is 3.34. The first-order valence-electron chi connectivity index (χ1n) is 10.5. The Bertz CT molecular complexity index is 959. The fraction of sp³-hybridized carbons (Fsp3) is 0.375. The molecule has 1 saturated heterocycles. The third-order valence-corrected chi connectivity index (χ3v) is 6.03. The molecule has 0 saturated carbocycles. The lowest BCUT2D eigenvalue weighted by molar-refractivity contribution is -0.150. The van der Waals surface area contributed by atoms with Gasteiger partial charge < -0.3 is 19.7 Å². The second-order valence-corrected chi connectivity index (χ2v) is 8.11. The molecule has 1 fully saturated rings. The Morgan fingerprint density at radius 2 is 1.65 bits per heavy atom. The highest BCUT2D eigenvalue weighted by Gasteiger charge is 2.38. The minimum Gasteiger partial charge on any atom is -0.467 e. The average molecular weight is 422 g/mol. The zero-order valence-corrected chi connectivity index (χ0v) is 17.7. The van der Waals surface area contributed by atoms with E-state index in [4.69, 9.17) is 9.47 Å². The predicted molar refractivity (Wildman–Crippen MR) is 114 cm³/mol. The number of likely N-dealkylation sites (tertiary alicyclic amines) is 1. The van der Waals surface area contributed by atoms with Crippen molar-refractivity contribution in [3.63, 3.8) is 0 Å². The van der Waals surface area contributed by atoms with Crippen molar-refractivity contribution in [2.45, 2.75) is 25.3 Å². The van der Waals surface area contributed by atoms with E-state index in [9.17, 15) is 14.4 Å². The van der Waals surface area contributed by atoms with E-state index in [0.29, 0.717) is 13.0 Å². The summed E-state index contributed by atoms with van der Waals surface area (Å²) < 4.78 is 10.3. The van der Waals surface area contributed by atoms with Crippen LogP contribution in [0.3, 0.4) is 0 Å². The van der Waals surface area contributed by atoms with E-state index in [1.807, 2.05) is 43.3 Å². The van der Waals surface area contributed by atoms with E-state index in [0.717, 1.165) is 22.3 Å². The van der Waals surface area contributed by atoms with Crippen molar-refractivity contribution < 1.29 is 23.9 Å². The molecule has 4 rings (SSSR count). The van der Waals surface area contributed by atoms with Crippen LogP contribution in [0, 0.1) is 5.92 Å². The molecule has 162 valence electrons. The Balaban J connectivity index is 1.34. The van der Waals surface area contributed by atoms with Gasteiger partial charge in [-0.05, 0) is 34.6 Å². The van der Waals surface area contributed by atoms with Crippen molar-refractivity contribution >= 4 is 18.0 Å². The minimum atomic E-state index is -0.655. The van der Waals surface area contributed by atoms with Gasteiger partial charge in [-0.25, -0.2) is 9.59 Å². The second-order valence-electron chi connectivity index (χ2n) is 8.11. The summed E-state index contributed by atoms with van der Waals surface area (Å²) >= 11 is 0. The van der Waals surface area contributed by atoms with Crippen molar-refractivity contribution in [1.82, 2.24) is 10.2 Å². The van der Waals surface area contributed by atoms with Crippen molar-refractivity contribution in [2.24, 2.45) is 5.92 Å². The number of amides is 2. The van der Waals surface area contributed by atoms with E-state index < -0.39 is 18.1 Å². The van der Waals surface area contributed by atoms with Crippen LogP contribution in [-0.2, 0) is 19.1 Å². The largest absolute Gasteiger partial charge is 0.467 e. The van der Waals surface area contributed by atoms with Crippen molar-refractivity contribution in [2.75, 3.05) is 26.8 Å². The van der Waals surface area contributed by atoms with E-state index in [2.05, 4.69) is 17.4 Å². The number of fused-ring (bicyclic) bond motifs is 3. The molecule has 1 N–H and O–H groups in total. The molecule has 2 aromatic rings. The Labute approximate surface area is 181 Å². The van der Waals surface area contributed by atoms with Gasteiger partial charge in [0.1, 0.15) is 19.2 Å². The Hall–Kier alpha value is -3.35. The summed E-state index contributed by atoms with van der Waals surface area (Å²) in [5.74, 6) is -0.605. The standard InChI is InChI=1S/C24H26N2O5/c1-15-11-21(23(28)30-2)26(13-15)22(27)12-25-24(29)31-14-20-18-9-5-3-7-16(18)17-8-4-6-10-19(17)20/h3-10,15,20-21H,11-14H2,1-2H3,(H,25,29)/t15-,21+/m1/s1. The summed E-state index contributed by atoms with van der Waals surface area (Å²) in [6, 6.07) is 15.6. The first kappa shape index (κ1) is 20.9. The predicted octanol–water partition coefficient (Wildman–Crippen LogP) is 2.94. The molecular formula is C24H26N2O5. The molecule has 2 amide bonds. The van der Waals surface area contributed by atoms with Crippen LogP contribution in [0.15, 0.2) is 48.5 Å². The van der Waals surface area contributed by atoms with E-state index in [1.165, 1.54) is 12.0 Å². The first-order valence-corrected chi connectivity index (χ1v) is 10.5. The molecule has 7 heteroatoms. The third-order valence-electron chi connectivity index (χ3n) is 6.03. The smallest absolute Gasteiger partial charge is 0.407 e. The molecule has 1 aliphatic heterocycles. The number of hydrogen-bond acceptors (Lipinski definition) is 5. The molecule has 1 heterocycles. The first-order chi connectivity index (χ1) is 15.0. The number of nitrogens with zero attached hydrogens (tertiary/aromatic N) is 1. The number of esters is 1. The summed E-state index contributed by atoms with van der Waals surface area (Å²) in [5, 5.41) is 2.52. The van der Waals surface area contributed by atoms with Gasteiger partial charge in [0.2, 0.25) is 5.91 Å². The van der Waals surface area contributed by atoms with Crippen LogP contribution < -0.4 is 5.32 Å². The molecule has 0 spiro atoms. The number of rotatable bonds is 5. The quantitative estimate of drug-likeness (QED) is 0.749. The lowest BCUT2D eigenvalue weighted by atomic mass is 9.98. The van der Waals surface area contributed by atoms with Gasteiger partial charge >= 0.3 is 12.1 Å². The molecule has 31 heavy (non-hydrogen) atoms. The lowest BCUT2D eigenvalue weighted by Crippen LogP contribution is -2.46. The molecule has 0 unspecified atom stereocenters. The second kappa shape index (κ2) is 8.79. The highest BCUT2D eigenvalue weighted by atomic mass is 16.5. The zero-order valence-electron chi connectivity index (χ0n) is 17.7. The van der Waals surface area contributed by atoms with Gasteiger partial charge in [-0.1, -0.05) is 55.5 Å². The number of alkyl carbamates (subject to hydrolysis) is 1. The van der Waals surface area contributed by atoms with Gasteiger partial charge in [0.25, 0.3) is 0 Å². The number of nitrogens with one attached hydrogen (secondary N) is 1. The number of ether oxygens (including phenoxy) is 2. The molecule has 1 aliphatic carbocycles. The van der Waals surface area contributed by atoms with Crippen LogP contribution >= 0.6 is 0 Å². The Kier molecular flexibility index (Phi) is 5.93. The Morgan fingerprint density at radius 3 is 2.26 bits per heavy atom. The van der Waals surface area contributed by atoms with Crippen LogP contribution in [0.5, 0.6) is 0 Å². The van der Waals surface area contributed by atoms with Gasteiger partial charge in [-0.3, -0.25) is 4.79 Å². The molecule has 2 atom stereocenters. The van der Waals surface area contributed by atoms with Crippen LogP contribution in [0.2, 0.25) is 0 Å². The fourth-order valence-corrected chi connectivity index (χ4v) is 4.58. The zero-order chi connectivity index (χ0) is 22.0. The highest BCUT2D eigenvalue weighted by molar-refractivity contribution is 5.88. The molecule has 0 bridgehead atoms. The molecule has 0 radical (unpaired) electrons. The number of benzene rings is 2. The SMILES string of the molecule is COC(=O)[C@@H]1C[C@@H](C)CN1C(=O)CNC(=O)OCC1c2ccccc2-c2ccccc21. The molecule has 0 aromatic heterocycles. The third kappa shape index (κ3) is 4.13. The maximum Gasteiger partial charge on any atom is 0.407 e. The maximum atomic E-state index is 12.6. The number of hydrogen-bond donors (Lipinski definition) is 1. The van der Waals surface area contributed by atoms with Gasteiger partial charge in [0.05, 0.1) is 7.11 Å². The highest BCUT2D eigenvalue weighted by Crippen LogP contribution is 2.44. The summed E-state index contributed by atoms with van der Waals surface area (Å²) in [6.45, 7) is 2.39. The maximum absolute atomic E-state index is 12.6. The monoisotopic (exact) mass is 422 g/mol. The summed E-state index contributed by atoms with van der Waals surface area (Å²) in [7, 11) is 1.31. The Morgan fingerprint density at radius 1 is 1.03 bits per heavy atom. The molecule has 7 nitrogen and oxygen atoms in total. The van der Waals surface area contributed by atoms with E-state index in [1.54, 1.807) is 0 Å². The van der Waals surface area contributed by atoms with Crippen LogP contribution in [0.25, 0.3) is 11.1 Å². The minimum absolute atomic E-state index is 0.0445. The summed E-state index contributed by atoms with van der Waals surface area (Å²) in [4.78, 5) is 38.3. The van der Waals surface area contributed by atoms with Crippen molar-refractivity contribution in [3.8, 4) is 11.1 Å². The molecule has 2 aromatic carbocycles. The van der Waals surface area contributed by atoms with Crippen LogP contribution in [-0.4, -0.2) is 55.7 Å². The normalized spacial score (nSPS) is 19.5. The van der Waals surface area contributed by atoms with E-state index >= 15 is 0 Å². The van der Waals surface area contributed by atoms with Crippen LogP contribution in [0.1, 0.15) is 30.4 Å². The van der Waals surface area contributed by atoms with Crippen molar-refractivity contribution in [3.05, 3.63) is 59.7 Å². The molecular weight excluding hydrogens is 396 g/mol. The lowest BCUT2D eigenvalue weighted by Gasteiger charge is -2.22. The fourth-order valence-electron chi connectivity index (χ4n) is 4.58. The number of carbonyl (C=O) groups excluding carboxylic acids is 3. The summed E-state index contributed by atoms with van der Waals surface area (Å²) in [5.41, 5.74) is 4.55. The number of carbonyl (C=O) groups is 3. The van der Waals surface area contributed by atoms with Crippen molar-refractivity contribution in [1.29, 1.82) is 0 Å². The summed E-state index contributed by atoms with van der Waals surface area (Å²) in [6.07, 6.45) is -0.0966. The molecule has 2 aliphatic rings. The number of methoxy groups -OCH3 is 1. The van der Waals surface area contributed by atoms with Gasteiger partial charge in [0.15, 0.2) is 0 Å². The van der Waals surface area contributed by atoms with Gasteiger partial charge in [-0.2, -0.15) is 0 Å². The van der Waals surface area contributed by atoms with Gasteiger partial charge in [-0.15, -0.1) is 0 Å². The van der Waals surface area contributed by atoms with Gasteiger partial charge in [0, 0.05) is 12.5 Å².